The predicted molar refractivity (Wildman–Crippen MR) is 77.3 cm³/mol. The van der Waals surface area contributed by atoms with Gasteiger partial charge in [0, 0.05) is 19.8 Å². The van der Waals surface area contributed by atoms with Gasteiger partial charge in [-0.15, -0.1) is 0 Å². The number of carbonyl (C=O) groups is 1. The zero-order valence-corrected chi connectivity index (χ0v) is 11.7. The summed E-state index contributed by atoms with van der Waals surface area (Å²) >= 11 is 1.57. The molecule has 1 aliphatic heterocycles. The van der Waals surface area contributed by atoms with Crippen molar-refractivity contribution in [2.45, 2.75) is 13.3 Å². The van der Waals surface area contributed by atoms with Crippen LogP contribution in [0, 0.1) is 0 Å². The summed E-state index contributed by atoms with van der Waals surface area (Å²) in [5.74, 6) is 0.612. The van der Waals surface area contributed by atoms with Crippen LogP contribution in [0.2, 0.25) is 0 Å². The number of thioether (sulfide) groups is 1. The highest BCUT2D eigenvalue weighted by Crippen LogP contribution is 2.25. The molecule has 0 atom stereocenters. The van der Waals surface area contributed by atoms with Crippen LogP contribution in [0.5, 0.6) is 0 Å². The number of hydrogen-bond acceptors (Lipinski definition) is 3. The van der Waals surface area contributed by atoms with Gasteiger partial charge in [0.05, 0.1) is 5.88 Å². The lowest BCUT2D eigenvalue weighted by Gasteiger charge is -2.33. The maximum atomic E-state index is 12.2. The third-order valence-corrected chi connectivity index (χ3v) is 4.08. The number of amidine groups is 1. The van der Waals surface area contributed by atoms with Crippen molar-refractivity contribution in [3.63, 3.8) is 0 Å². The number of urea groups is 1. The van der Waals surface area contributed by atoms with E-state index in [0.29, 0.717) is 5.88 Å². The molecule has 4 nitrogen and oxygen atoms in total. The van der Waals surface area contributed by atoms with Gasteiger partial charge in [-0.1, -0.05) is 30.8 Å². The van der Waals surface area contributed by atoms with E-state index in [1.807, 2.05) is 12.1 Å². The monoisotopic (exact) mass is 263 g/mol. The highest BCUT2D eigenvalue weighted by molar-refractivity contribution is 8.14. The second kappa shape index (κ2) is 5.44. The number of carbonyl (C=O) groups excluding carboxylic acids is 1. The maximum absolute atomic E-state index is 12.2. The average Bonchev–Trinajstić information content (AvgIpc) is 2.42. The van der Waals surface area contributed by atoms with Gasteiger partial charge in [-0.05, 0) is 24.1 Å². The zero-order valence-electron chi connectivity index (χ0n) is 10.9. The number of hydrogen-bond donors (Lipinski definition) is 0. The number of aryl methyl sites for hydroxylation is 1. The van der Waals surface area contributed by atoms with Crippen LogP contribution in [0.4, 0.5) is 10.5 Å². The molecule has 1 aliphatic rings. The van der Waals surface area contributed by atoms with Crippen molar-refractivity contribution >= 4 is 28.6 Å². The van der Waals surface area contributed by atoms with Gasteiger partial charge >= 0.3 is 6.03 Å². The van der Waals surface area contributed by atoms with E-state index in [9.17, 15) is 4.79 Å². The molecule has 0 saturated carbocycles. The summed E-state index contributed by atoms with van der Waals surface area (Å²) in [7, 11) is 3.46. The van der Waals surface area contributed by atoms with Gasteiger partial charge in [-0.25, -0.2) is 4.79 Å². The normalized spacial score (nSPS) is 18.6. The molecule has 2 rings (SSSR count). The largest absolute Gasteiger partial charge is 0.331 e. The standard InChI is InChI=1S/C13H17N3OS/c1-4-10-5-7-11(8-6-10)16-9-18-12(14-2)15(3)13(16)17/h5-8H,4,9H2,1-3H3/b14-12-. The molecule has 0 aromatic heterocycles. The number of anilines is 1. The van der Waals surface area contributed by atoms with Gasteiger partial charge in [0.15, 0.2) is 5.17 Å². The Bertz CT molecular complexity index is 470. The SMILES string of the molecule is CCc1ccc(N2CS/C(=N\C)N(C)C2=O)cc1. The number of benzene rings is 1. The number of nitrogens with zero attached hydrogens (tertiary/aromatic N) is 3. The summed E-state index contributed by atoms with van der Waals surface area (Å²) in [6.07, 6.45) is 1.01. The zero-order chi connectivity index (χ0) is 13.1. The van der Waals surface area contributed by atoms with Crippen molar-refractivity contribution in [1.82, 2.24) is 4.90 Å². The van der Waals surface area contributed by atoms with Gasteiger partial charge in [0.2, 0.25) is 0 Å². The summed E-state index contributed by atoms with van der Waals surface area (Å²) in [6, 6.07) is 8.10. The summed E-state index contributed by atoms with van der Waals surface area (Å²) < 4.78 is 0. The van der Waals surface area contributed by atoms with E-state index in [2.05, 4.69) is 24.0 Å². The summed E-state index contributed by atoms with van der Waals surface area (Å²) in [4.78, 5) is 19.6. The fourth-order valence-electron chi connectivity index (χ4n) is 1.85. The third-order valence-electron chi connectivity index (χ3n) is 2.98. The van der Waals surface area contributed by atoms with E-state index in [4.69, 9.17) is 0 Å². The molecular weight excluding hydrogens is 246 g/mol. The lowest BCUT2D eigenvalue weighted by molar-refractivity contribution is 0.233. The smallest absolute Gasteiger partial charge is 0.284 e. The maximum Gasteiger partial charge on any atom is 0.331 e. The number of amides is 2. The Morgan fingerprint density at radius 3 is 2.56 bits per heavy atom. The van der Waals surface area contributed by atoms with E-state index in [1.165, 1.54) is 5.56 Å². The van der Waals surface area contributed by atoms with E-state index in [1.54, 1.807) is 35.7 Å². The van der Waals surface area contributed by atoms with Gasteiger partial charge in [0.25, 0.3) is 0 Å². The Morgan fingerprint density at radius 2 is 2.00 bits per heavy atom. The molecule has 0 aliphatic carbocycles. The molecule has 1 fully saturated rings. The molecule has 0 N–H and O–H groups in total. The molecule has 96 valence electrons. The second-order valence-electron chi connectivity index (χ2n) is 4.07. The fourth-order valence-corrected chi connectivity index (χ4v) is 2.75. The molecule has 18 heavy (non-hydrogen) atoms. The molecule has 0 spiro atoms. The average molecular weight is 263 g/mol. The van der Waals surface area contributed by atoms with Crippen LogP contribution in [0.25, 0.3) is 0 Å². The molecular formula is C13H17N3OS. The summed E-state index contributed by atoms with van der Waals surface area (Å²) in [5, 5.41) is 0.765. The molecule has 1 heterocycles. The minimum Gasteiger partial charge on any atom is -0.284 e. The van der Waals surface area contributed by atoms with E-state index in [-0.39, 0.29) is 6.03 Å². The quantitative estimate of drug-likeness (QED) is 0.822. The minimum atomic E-state index is -0.0291. The molecule has 5 heteroatoms. The Labute approximate surface area is 112 Å². The molecule has 1 aromatic carbocycles. The van der Waals surface area contributed by atoms with Crippen molar-refractivity contribution in [2.75, 3.05) is 24.9 Å². The first-order valence-corrected chi connectivity index (χ1v) is 6.89. The first-order chi connectivity index (χ1) is 8.67. The molecule has 1 aromatic rings. The van der Waals surface area contributed by atoms with Gasteiger partial charge in [-0.3, -0.25) is 14.8 Å². The fraction of sp³-hybridized carbons (Fsp3) is 0.385. The Hall–Kier alpha value is -1.49. The van der Waals surface area contributed by atoms with Gasteiger partial charge < -0.3 is 0 Å². The Kier molecular flexibility index (Phi) is 3.91. The van der Waals surface area contributed by atoms with Crippen LogP contribution in [-0.2, 0) is 6.42 Å². The molecule has 0 radical (unpaired) electrons. The van der Waals surface area contributed by atoms with Crippen LogP contribution < -0.4 is 4.90 Å². The molecule has 1 saturated heterocycles. The van der Waals surface area contributed by atoms with E-state index in [0.717, 1.165) is 17.3 Å². The highest BCUT2D eigenvalue weighted by Gasteiger charge is 2.28. The Balaban J connectivity index is 2.21. The van der Waals surface area contributed by atoms with Crippen molar-refractivity contribution < 1.29 is 4.79 Å². The van der Waals surface area contributed by atoms with Crippen molar-refractivity contribution in [3.05, 3.63) is 29.8 Å². The molecule has 0 bridgehead atoms. The van der Waals surface area contributed by atoms with Crippen molar-refractivity contribution in [1.29, 1.82) is 0 Å². The van der Waals surface area contributed by atoms with Crippen LogP contribution >= 0.6 is 11.8 Å². The van der Waals surface area contributed by atoms with Crippen molar-refractivity contribution in [2.24, 2.45) is 4.99 Å². The van der Waals surface area contributed by atoms with Crippen LogP contribution in [0.15, 0.2) is 29.3 Å². The van der Waals surface area contributed by atoms with Gasteiger partial charge in [-0.2, -0.15) is 0 Å². The third kappa shape index (κ3) is 2.36. The molecule has 2 amide bonds. The minimum absolute atomic E-state index is 0.0291. The topological polar surface area (TPSA) is 35.9 Å². The van der Waals surface area contributed by atoms with Crippen LogP contribution in [0.3, 0.4) is 0 Å². The lowest BCUT2D eigenvalue weighted by Crippen LogP contribution is -2.48. The second-order valence-corrected chi connectivity index (χ2v) is 4.98. The predicted octanol–water partition coefficient (Wildman–Crippen LogP) is 2.80. The molecule has 0 unspecified atom stereocenters. The van der Waals surface area contributed by atoms with Gasteiger partial charge in [0.1, 0.15) is 0 Å². The van der Waals surface area contributed by atoms with Crippen LogP contribution in [0.1, 0.15) is 12.5 Å². The Morgan fingerprint density at radius 1 is 1.33 bits per heavy atom. The number of aliphatic imine (C=N–C) groups is 1. The lowest BCUT2D eigenvalue weighted by atomic mass is 10.1. The highest BCUT2D eigenvalue weighted by atomic mass is 32.2. The van der Waals surface area contributed by atoms with E-state index >= 15 is 0 Å². The summed E-state index contributed by atoms with van der Waals surface area (Å²) in [5.41, 5.74) is 2.21. The van der Waals surface area contributed by atoms with Crippen molar-refractivity contribution in [3.8, 4) is 0 Å². The number of rotatable bonds is 2. The summed E-state index contributed by atoms with van der Waals surface area (Å²) in [6.45, 7) is 2.12. The van der Waals surface area contributed by atoms with Crippen LogP contribution in [-0.4, -0.2) is 36.1 Å². The first-order valence-electron chi connectivity index (χ1n) is 5.91. The van der Waals surface area contributed by atoms with E-state index < -0.39 is 0 Å². The first kappa shape index (κ1) is 13.0.